The summed E-state index contributed by atoms with van der Waals surface area (Å²) in [7, 11) is 2.05. The Morgan fingerprint density at radius 3 is 2.38 bits per heavy atom. The Morgan fingerprint density at radius 1 is 1.31 bits per heavy atom. The van der Waals surface area contributed by atoms with Gasteiger partial charge in [-0.15, -0.1) is 0 Å². The van der Waals surface area contributed by atoms with Crippen LogP contribution in [0.1, 0.15) is 33.1 Å². The third-order valence-corrected chi connectivity index (χ3v) is 2.95. The standard InChI is InChI=1S/C11H23NO/c1-10(2)8-11(9-12-3)4-6-13-7-5-11/h10,12H,4-9H2,1-3H3. The Bertz CT molecular complexity index is 134. The van der Waals surface area contributed by atoms with E-state index in [9.17, 15) is 0 Å². The molecule has 0 amide bonds. The molecule has 0 radical (unpaired) electrons. The lowest BCUT2D eigenvalue weighted by Crippen LogP contribution is -2.39. The van der Waals surface area contributed by atoms with Crippen molar-refractivity contribution in [3.63, 3.8) is 0 Å². The maximum Gasteiger partial charge on any atom is 0.0471 e. The minimum Gasteiger partial charge on any atom is -0.381 e. The van der Waals surface area contributed by atoms with Gasteiger partial charge in [-0.3, -0.25) is 0 Å². The second-order valence-electron chi connectivity index (χ2n) is 4.74. The molecule has 0 aromatic heterocycles. The van der Waals surface area contributed by atoms with Crippen molar-refractivity contribution in [3.8, 4) is 0 Å². The highest BCUT2D eigenvalue weighted by atomic mass is 16.5. The number of rotatable bonds is 4. The summed E-state index contributed by atoms with van der Waals surface area (Å²) in [6, 6.07) is 0. The van der Waals surface area contributed by atoms with Gasteiger partial charge in [0.25, 0.3) is 0 Å². The molecule has 78 valence electrons. The Hall–Kier alpha value is -0.0800. The van der Waals surface area contributed by atoms with Gasteiger partial charge < -0.3 is 10.1 Å². The van der Waals surface area contributed by atoms with Crippen molar-refractivity contribution in [2.24, 2.45) is 11.3 Å². The molecular formula is C11H23NO. The van der Waals surface area contributed by atoms with Crippen molar-refractivity contribution < 1.29 is 4.74 Å². The molecule has 1 N–H and O–H groups in total. The summed E-state index contributed by atoms with van der Waals surface area (Å²) in [5.74, 6) is 0.798. The van der Waals surface area contributed by atoms with Crippen molar-refractivity contribution in [2.45, 2.75) is 33.1 Å². The normalized spacial score (nSPS) is 22.2. The Labute approximate surface area is 82.0 Å². The molecule has 1 aliphatic rings. The number of hydrogen-bond acceptors (Lipinski definition) is 2. The van der Waals surface area contributed by atoms with Crippen molar-refractivity contribution in [1.29, 1.82) is 0 Å². The molecular weight excluding hydrogens is 162 g/mol. The van der Waals surface area contributed by atoms with Gasteiger partial charge in [-0.25, -0.2) is 0 Å². The summed E-state index contributed by atoms with van der Waals surface area (Å²) in [4.78, 5) is 0. The van der Waals surface area contributed by atoms with E-state index < -0.39 is 0 Å². The summed E-state index contributed by atoms with van der Waals surface area (Å²) in [6.45, 7) is 7.68. The van der Waals surface area contributed by atoms with Gasteiger partial charge in [0, 0.05) is 19.8 Å². The summed E-state index contributed by atoms with van der Waals surface area (Å²) in [5.41, 5.74) is 0.515. The molecule has 0 saturated carbocycles. The molecule has 1 heterocycles. The lowest BCUT2D eigenvalue weighted by molar-refractivity contribution is 0.00530. The largest absolute Gasteiger partial charge is 0.381 e. The van der Waals surface area contributed by atoms with E-state index >= 15 is 0 Å². The quantitative estimate of drug-likeness (QED) is 0.724. The minimum absolute atomic E-state index is 0.515. The molecule has 1 aliphatic heterocycles. The maximum atomic E-state index is 5.42. The lowest BCUT2D eigenvalue weighted by Gasteiger charge is -2.38. The van der Waals surface area contributed by atoms with Gasteiger partial charge in [-0.1, -0.05) is 13.8 Å². The fourth-order valence-corrected chi connectivity index (χ4v) is 2.50. The summed E-state index contributed by atoms with van der Waals surface area (Å²) < 4.78 is 5.42. The Morgan fingerprint density at radius 2 is 1.92 bits per heavy atom. The number of ether oxygens (including phenoxy) is 1. The molecule has 1 fully saturated rings. The zero-order chi connectivity index (χ0) is 9.73. The van der Waals surface area contributed by atoms with Crippen molar-refractivity contribution >= 4 is 0 Å². The molecule has 13 heavy (non-hydrogen) atoms. The first-order valence-electron chi connectivity index (χ1n) is 5.41. The van der Waals surface area contributed by atoms with Crippen molar-refractivity contribution in [1.82, 2.24) is 5.32 Å². The molecule has 0 aromatic carbocycles. The summed E-state index contributed by atoms with van der Waals surface area (Å²) in [5, 5.41) is 3.33. The van der Waals surface area contributed by atoms with Crippen LogP contribution in [-0.4, -0.2) is 26.8 Å². The third kappa shape index (κ3) is 3.28. The molecule has 0 aromatic rings. The van der Waals surface area contributed by atoms with Crippen LogP contribution >= 0.6 is 0 Å². The predicted molar refractivity (Wildman–Crippen MR) is 55.9 cm³/mol. The van der Waals surface area contributed by atoms with Crippen LogP contribution in [-0.2, 0) is 4.74 Å². The van der Waals surface area contributed by atoms with Crippen molar-refractivity contribution in [2.75, 3.05) is 26.8 Å². The molecule has 1 rings (SSSR count). The molecule has 1 saturated heterocycles. The van der Waals surface area contributed by atoms with Gasteiger partial charge in [0.05, 0.1) is 0 Å². The average molecular weight is 185 g/mol. The van der Waals surface area contributed by atoms with E-state index in [1.807, 2.05) is 0 Å². The van der Waals surface area contributed by atoms with E-state index in [4.69, 9.17) is 4.74 Å². The average Bonchev–Trinajstić information content (AvgIpc) is 2.04. The molecule has 2 heteroatoms. The van der Waals surface area contributed by atoms with E-state index in [0.717, 1.165) is 25.7 Å². The van der Waals surface area contributed by atoms with Crippen molar-refractivity contribution in [3.05, 3.63) is 0 Å². The maximum absolute atomic E-state index is 5.42. The van der Waals surface area contributed by atoms with Crippen LogP contribution in [0.3, 0.4) is 0 Å². The minimum atomic E-state index is 0.515. The van der Waals surface area contributed by atoms with Gasteiger partial charge in [0.1, 0.15) is 0 Å². The van der Waals surface area contributed by atoms with Gasteiger partial charge in [0.15, 0.2) is 0 Å². The first-order valence-corrected chi connectivity index (χ1v) is 5.41. The summed E-state index contributed by atoms with van der Waals surface area (Å²) >= 11 is 0. The van der Waals surface area contributed by atoms with E-state index in [1.165, 1.54) is 19.3 Å². The fraction of sp³-hybridized carbons (Fsp3) is 1.00. The highest BCUT2D eigenvalue weighted by molar-refractivity contribution is 4.84. The van der Waals surface area contributed by atoms with Gasteiger partial charge in [-0.05, 0) is 37.6 Å². The zero-order valence-electron chi connectivity index (χ0n) is 9.23. The highest BCUT2D eigenvalue weighted by Gasteiger charge is 2.32. The Balaban J connectivity index is 2.50. The highest BCUT2D eigenvalue weighted by Crippen LogP contribution is 2.36. The summed E-state index contributed by atoms with van der Waals surface area (Å²) in [6.07, 6.45) is 3.79. The van der Waals surface area contributed by atoms with E-state index in [-0.39, 0.29) is 0 Å². The zero-order valence-corrected chi connectivity index (χ0v) is 9.23. The van der Waals surface area contributed by atoms with Crippen LogP contribution in [0.4, 0.5) is 0 Å². The topological polar surface area (TPSA) is 21.3 Å². The first kappa shape index (κ1) is 11.0. The molecule has 0 bridgehead atoms. The molecule has 0 atom stereocenters. The monoisotopic (exact) mass is 185 g/mol. The Kier molecular flexibility index (Phi) is 4.20. The lowest BCUT2D eigenvalue weighted by atomic mass is 9.74. The fourth-order valence-electron chi connectivity index (χ4n) is 2.50. The second kappa shape index (κ2) is 4.97. The van der Waals surface area contributed by atoms with E-state index in [2.05, 4.69) is 26.2 Å². The smallest absolute Gasteiger partial charge is 0.0471 e. The molecule has 0 unspecified atom stereocenters. The number of nitrogens with one attached hydrogen (secondary N) is 1. The van der Waals surface area contributed by atoms with Crippen LogP contribution in [0.25, 0.3) is 0 Å². The van der Waals surface area contributed by atoms with Gasteiger partial charge in [-0.2, -0.15) is 0 Å². The SMILES string of the molecule is CNCC1(CC(C)C)CCOCC1. The number of hydrogen-bond donors (Lipinski definition) is 1. The van der Waals surface area contributed by atoms with Crippen LogP contribution in [0, 0.1) is 11.3 Å². The van der Waals surface area contributed by atoms with Crippen LogP contribution in [0.15, 0.2) is 0 Å². The van der Waals surface area contributed by atoms with Crippen LogP contribution < -0.4 is 5.32 Å². The molecule has 0 aliphatic carbocycles. The van der Waals surface area contributed by atoms with Crippen LogP contribution in [0.5, 0.6) is 0 Å². The first-order chi connectivity index (χ1) is 6.18. The van der Waals surface area contributed by atoms with E-state index in [1.54, 1.807) is 0 Å². The van der Waals surface area contributed by atoms with Gasteiger partial charge in [0.2, 0.25) is 0 Å². The third-order valence-electron chi connectivity index (χ3n) is 2.95. The second-order valence-corrected chi connectivity index (χ2v) is 4.74. The molecule has 0 spiro atoms. The van der Waals surface area contributed by atoms with Crippen LogP contribution in [0.2, 0.25) is 0 Å². The predicted octanol–water partition coefficient (Wildman–Crippen LogP) is 2.05. The molecule has 2 nitrogen and oxygen atoms in total. The van der Waals surface area contributed by atoms with Gasteiger partial charge >= 0.3 is 0 Å². The van der Waals surface area contributed by atoms with E-state index in [0.29, 0.717) is 5.41 Å².